The molecule has 1 amide bonds. The van der Waals surface area contributed by atoms with Crippen LogP contribution in [-0.2, 0) is 18.3 Å². The van der Waals surface area contributed by atoms with E-state index in [-0.39, 0.29) is 29.7 Å². The van der Waals surface area contributed by atoms with E-state index in [1.54, 1.807) is 11.7 Å². The lowest BCUT2D eigenvalue weighted by Crippen LogP contribution is -2.30. The minimum Gasteiger partial charge on any atom is -0.466 e. The zero-order chi connectivity index (χ0) is 25.1. The summed E-state index contributed by atoms with van der Waals surface area (Å²) in [5.74, 6) is -0.117. The molecule has 0 bridgehead atoms. The van der Waals surface area contributed by atoms with Crippen molar-refractivity contribution in [3.63, 3.8) is 0 Å². The van der Waals surface area contributed by atoms with Gasteiger partial charge in [-0.2, -0.15) is 10.4 Å². The molecule has 0 saturated heterocycles. The van der Waals surface area contributed by atoms with Crippen molar-refractivity contribution in [2.75, 3.05) is 18.9 Å². The number of rotatable bonds is 8. The summed E-state index contributed by atoms with van der Waals surface area (Å²) < 4.78 is 21.9. The maximum atomic E-state index is 13.2. The molecule has 3 aromatic heterocycles. The number of fused-ring (bicyclic) bond motifs is 1. The Labute approximate surface area is 201 Å². The molecular weight excluding hydrogens is 451 g/mol. The van der Waals surface area contributed by atoms with Crippen LogP contribution in [-0.4, -0.2) is 43.6 Å². The van der Waals surface area contributed by atoms with E-state index >= 15 is 0 Å². The SMILES string of the molecule is Cc1cc(C)c2c(OCC(=O)NCCCc3nn(-c4ccc(F)cc4)c(N)c3C#N)nn(C)c2n1. The van der Waals surface area contributed by atoms with Crippen molar-refractivity contribution in [2.45, 2.75) is 26.7 Å². The van der Waals surface area contributed by atoms with E-state index in [1.165, 1.54) is 28.9 Å². The van der Waals surface area contributed by atoms with Gasteiger partial charge in [-0.1, -0.05) is 0 Å². The fourth-order valence-corrected chi connectivity index (χ4v) is 3.87. The topological polar surface area (TPSA) is 137 Å². The second-order valence-electron chi connectivity index (χ2n) is 8.16. The van der Waals surface area contributed by atoms with Crippen molar-refractivity contribution in [3.05, 3.63) is 58.7 Å². The van der Waals surface area contributed by atoms with Crippen LogP contribution in [0.15, 0.2) is 30.3 Å². The van der Waals surface area contributed by atoms with Gasteiger partial charge in [-0.3, -0.25) is 4.79 Å². The third-order valence-electron chi connectivity index (χ3n) is 5.52. The number of nitrogens with two attached hydrogens (primary N) is 1. The highest BCUT2D eigenvalue weighted by Gasteiger charge is 2.17. The summed E-state index contributed by atoms with van der Waals surface area (Å²) >= 11 is 0. The summed E-state index contributed by atoms with van der Waals surface area (Å²) in [6.45, 7) is 4.04. The third-order valence-corrected chi connectivity index (χ3v) is 5.52. The van der Waals surface area contributed by atoms with Gasteiger partial charge in [0.2, 0.25) is 5.88 Å². The highest BCUT2D eigenvalue weighted by Crippen LogP contribution is 2.27. The molecule has 0 spiro atoms. The molecule has 4 aromatic rings. The van der Waals surface area contributed by atoms with E-state index in [2.05, 4.69) is 26.6 Å². The Hall–Kier alpha value is -4.46. The summed E-state index contributed by atoms with van der Waals surface area (Å²) in [6, 6.07) is 9.68. The lowest BCUT2D eigenvalue weighted by Gasteiger charge is -2.06. The molecule has 11 heteroatoms. The molecule has 0 fully saturated rings. The number of carbonyl (C=O) groups excluding carboxylic acids is 1. The number of nitrogens with one attached hydrogen (secondary N) is 1. The van der Waals surface area contributed by atoms with Gasteiger partial charge in [-0.15, -0.1) is 5.10 Å². The summed E-state index contributed by atoms with van der Waals surface area (Å²) in [4.78, 5) is 16.8. The second kappa shape index (κ2) is 9.80. The number of benzene rings is 1. The number of anilines is 1. The molecule has 0 atom stereocenters. The quantitative estimate of drug-likeness (QED) is 0.373. The van der Waals surface area contributed by atoms with Crippen LogP contribution < -0.4 is 15.8 Å². The maximum absolute atomic E-state index is 13.2. The van der Waals surface area contributed by atoms with Gasteiger partial charge in [0.25, 0.3) is 5.91 Å². The van der Waals surface area contributed by atoms with Gasteiger partial charge in [-0.05, 0) is 62.6 Å². The third kappa shape index (κ3) is 4.91. The molecule has 0 unspecified atom stereocenters. The monoisotopic (exact) mass is 476 g/mol. The molecule has 10 nitrogen and oxygen atoms in total. The van der Waals surface area contributed by atoms with Crippen LogP contribution in [0, 0.1) is 31.0 Å². The van der Waals surface area contributed by atoms with E-state index in [0.717, 1.165) is 16.6 Å². The molecule has 1 aromatic carbocycles. The number of nitrogens with zero attached hydrogens (tertiary/aromatic N) is 6. The van der Waals surface area contributed by atoms with Crippen molar-refractivity contribution < 1.29 is 13.9 Å². The van der Waals surface area contributed by atoms with Gasteiger partial charge in [0.15, 0.2) is 12.3 Å². The smallest absolute Gasteiger partial charge is 0.258 e. The highest BCUT2D eigenvalue weighted by molar-refractivity contribution is 5.85. The molecular formula is C24H25FN8O2. The maximum Gasteiger partial charge on any atom is 0.258 e. The van der Waals surface area contributed by atoms with Crippen LogP contribution in [0.3, 0.4) is 0 Å². The minimum absolute atomic E-state index is 0.185. The Morgan fingerprint density at radius 1 is 1.26 bits per heavy atom. The van der Waals surface area contributed by atoms with Gasteiger partial charge in [0.1, 0.15) is 23.3 Å². The standard InChI is InChI=1S/C24H25FN8O2/c1-14-11-15(2)29-23-21(14)24(31-32(23)3)35-13-20(34)28-10-4-5-19-18(12-26)22(27)33(30-19)17-8-6-16(25)7-9-17/h6-9,11H,4-5,10,13,27H2,1-3H3,(H,28,34). The number of carbonyl (C=O) groups is 1. The second-order valence-corrected chi connectivity index (χ2v) is 8.16. The molecule has 3 heterocycles. The number of nitriles is 1. The van der Waals surface area contributed by atoms with Crippen LogP contribution in [0.5, 0.6) is 5.88 Å². The van der Waals surface area contributed by atoms with E-state index in [0.29, 0.717) is 42.3 Å². The first kappa shape index (κ1) is 23.7. The lowest BCUT2D eigenvalue weighted by atomic mass is 10.1. The van der Waals surface area contributed by atoms with Crippen molar-refractivity contribution in [1.29, 1.82) is 5.26 Å². The van der Waals surface area contributed by atoms with Gasteiger partial charge in [-0.25, -0.2) is 18.7 Å². The van der Waals surface area contributed by atoms with Crippen molar-refractivity contribution in [3.8, 4) is 17.6 Å². The summed E-state index contributed by atoms with van der Waals surface area (Å²) in [5, 5.41) is 21.8. The fraction of sp³-hybridized carbons (Fsp3) is 0.292. The Kier molecular flexibility index (Phi) is 6.64. The predicted octanol–water partition coefficient (Wildman–Crippen LogP) is 2.49. The van der Waals surface area contributed by atoms with E-state index < -0.39 is 0 Å². The van der Waals surface area contributed by atoms with Crippen LogP contribution in [0.25, 0.3) is 16.7 Å². The Morgan fingerprint density at radius 2 is 2.00 bits per heavy atom. The van der Waals surface area contributed by atoms with Gasteiger partial charge in [0.05, 0.1) is 16.8 Å². The predicted molar refractivity (Wildman–Crippen MR) is 127 cm³/mol. The number of ether oxygens (including phenoxy) is 1. The summed E-state index contributed by atoms with van der Waals surface area (Å²) in [7, 11) is 1.78. The number of pyridine rings is 1. The van der Waals surface area contributed by atoms with Crippen LogP contribution in [0.4, 0.5) is 10.2 Å². The molecule has 0 aliphatic heterocycles. The zero-order valence-corrected chi connectivity index (χ0v) is 19.7. The fourth-order valence-electron chi connectivity index (χ4n) is 3.87. The van der Waals surface area contributed by atoms with Crippen molar-refractivity contribution in [1.82, 2.24) is 29.9 Å². The van der Waals surface area contributed by atoms with Crippen LogP contribution in [0.1, 0.15) is 28.9 Å². The molecule has 0 aliphatic rings. The summed E-state index contributed by atoms with van der Waals surface area (Å²) in [5.41, 5.74) is 9.97. The number of hydrogen-bond acceptors (Lipinski definition) is 7. The van der Waals surface area contributed by atoms with Gasteiger partial charge < -0.3 is 15.8 Å². The molecule has 0 aliphatic carbocycles. The van der Waals surface area contributed by atoms with Crippen LogP contribution >= 0.6 is 0 Å². The van der Waals surface area contributed by atoms with E-state index in [9.17, 15) is 14.4 Å². The first-order valence-electron chi connectivity index (χ1n) is 11.0. The Balaban J connectivity index is 1.32. The normalized spacial score (nSPS) is 10.9. The number of aromatic nitrogens is 5. The van der Waals surface area contributed by atoms with Crippen LogP contribution in [0.2, 0.25) is 0 Å². The minimum atomic E-state index is -0.377. The molecule has 0 saturated carbocycles. The molecule has 4 rings (SSSR count). The van der Waals surface area contributed by atoms with Gasteiger partial charge >= 0.3 is 0 Å². The number of halogens is 1. The molecule has 3 N–H and O–H groups in total. The zero-order valence-electron chi connectivity index (χ0n) is 19.7. The lowest BCUT2D eigenvalue weighted by molar-refractivity contribution is -0.123. The molecule has 0 radical (unpaired) electrons. The first-order valence-corrected chi connectivity index (χ1v) is 11.0. The van der Waals surface area contributed by atoms with Gasteiger partial charge in [0, 0.05) is 19.3 Å². The molecule has 35 heavy (non-hydrogen) atoms. The Bertz CT molecular complexity index is 1430. The van der Waals surface area contributed by atoms with E-state index in [1.807, 2.05) is 19.9 Å². The largest absolute Gasteiger partial charge is 0.466 e. The average Bonchev–Trinajstić information content (AvgIpc) is 3.31. The van der Waals surface area contributed by atoms with Crippen molar-refractivity contribution >= 4 is 22.8 Å². The number of nitrogen functional groups attached to an aromatic ring is 1. The molecule has 180 valence electrons. The Morgan fingerprint density at radius 3 is 2.71 bits per heavy atom. The summed E-state index contributed by atoms with van der Waals surface area (Å²) in [6.07, 6.45) is 0.965. The highest BCUT2D eigenvalue weighted by atomic mass is 19.1. The van der Waals surface area contributed by atoms with Crippen molar-refractivity contribution in [2.24, 2.45) is 7.05 Å². The number of aryl methyl sites for hydroxylation is 4. The average molecular weight is 477 g/mol. The number of amides is 1. The van der Waals surface area contributed by atoms with E-state index in [4.69, 9.17) is 10.5 Å². The number of hydrogen-bond donors (Lipinski definition) is 2. The first-order chi connectivity index (χ1) is 16.8.